The zero-order chi connectivity index (χ0) is 5.28. The van der Waals surface area contributed by atoms with E-state index in [0.717, 1.165) is 19.5 Å². The predicted octanol–water partition coefficient (Wildman–Crippen LogP) is 0.363. The number of aliphatic hydroxyl groups excluding tert-OH is 1. The third-order valence-electron chi connectivity index (χ3n) is 1.11. The second-order valence-electron chi connectivity index (χ2n) is 1.81. The highest BCUT2D eigenvalue weighted by atomic mass is 79.9. The van der Waals surface area contributed by atoms with Crippen LogP contribution >= 0.6 is 16.1 Å². The van der Waals surface area contributed by atoms with E-state index in [1.165, 1.54) is 0 Å². The third-order valence-corrected chi connectivity index (χ3v) is 1.76. The first-order valence-electron chi connectivity index (χ1n) is 2.38. The molecule has 42 valence electrons. The first-order valence-corrected chi connectivity index (χ1v) is 3.09. The van der Waals surface area contributed by atoms with Gasteiger partial charge in [-0.3, -0.25) is 0 Å². The van der Waals surface area contributed by atoms with Crippen molar-refractivity contribution in [2.45, 2.75) is 12.5 Å². The summed E-state index contributed by atoms with van der Waals surface area (Å²) in [5.41, 5.74) is 0. The first-order chi connectivity index (χ1) is 3.29. The molecule has 3 heteroatoms. The number of hydrogen-bond acceptors (Lipinski definition) is 2. The molecule has 0 bridgehead atoms. The minimum atomic E-state index is -0.0978. The third kappa shape index (κ3) is 1.40. The summed E-state index contributed by atoms with van der Waals surface area (Å²) in [6, 6.07) is 0. The van der Waals surface area contributed by atoms with E-state index < -0.39 is 0 Å². The molecule has 2 nitrogen and oxygen atoms in total. The number of nitrogens with zero attached hydrogens (tertiary/aromatic N) is 1. The normalized spacial score (nSPS) is 34.3. The molecule has 0 aliphatic carbocycles. The maximum absolute atomic E-state index is 8.83. The molecule has 1 unspecified atom stereocenters. The van der Waals surface area contributed by atoms with Gasteiger partial charge in [0.05, 0.1) is 6.10 Å². The van der Waals surface area contributed by atoms with Gasteiger partial charge in [-0.2, -0.15) is 0 Å². The molecule has 1 saturated heterocycles. The highest BCUT2D eigenvalue weighted by Crippen LogP contribution is 2.11. The van der Waals surface area contributed by atoms with Crippen molar-refractivity contribution in [1.82, 2.24) is 3.93 Å². The van der Waals surface area contributed by atoms with Gasteiger partial charge >= 0.3 is 0 Å². The fourth-order valence-corrected chi connectivity index (χ4v) is 1.24. The summed E-state index contributed by atoms with van der Waals surface area (Å²) in [6.07, 6.45) is 0.810. The van der Waals surface area contributed by atoms with Crippen molar-refractivity contribution in [1.29, 1.82) is 0 Å². The molecule has 1 atom stereocenters. The van der Waals surface area contributed by atoms with Gasteiger partial charge < -0.3 is 5.11 Å². The average Bonchev–Trinajstić information content (AvgIpc) is 1.87. The summed E-state index contributed by atoms with van der Waals surface area (Å²) >= 11 is 3.25. The molecule has 1 aliphatic rings. The zero-order valence-corrected chi connectivity index (χ0v) is 5.56. The van der Waals surface area contributed by atoms with E-state index in [0.29, 0.717) is 0 Å². The Morgan fingerprint density at radius 3 is 2.57 bits per heavy atom. The topological polar surface area (TPSA) is 23.5 Å². The van der Waals surface area contributed by atoms with Gasteiger partial charge in [0.15, 0.2) is 0 Å². The van der Waals surface area contributed by atoms with Gasteiger partial charge in [0.1, 0.15) is 0 Å². The minimum Gasteiger partial charge on any atom is -0.392 e. The Kier molecular flexibility index (Phi) is 1.67. The van der Waals surface area contributed by atoms with Gasteiger partial charge in [0, 0.05) is 29.2 Å². The maximum Gasteiger partial charge on any atom is 0.0688 e. The second-order valence-corrected chi connectivity index (χ2v) is 2.81. The molecule has 0 amide bonds. The van der Waals surface area contributed by atoms with Crippen molar-refractivity contribution in [3.63, 3.8) is 0 Å². The van der Waals surface area contributed by atoms with Crippen LogP contribution in [0.4, 0.5) is 0 Å². The SMILES string of the molecule is OC1CCN(Br)C1. The Hall–Kier alpha value is 0.400. The minimum absolute atomic E-state index is 0.0978. The smallest absolute Gasteiger partial charge is 0.0688 e. The average molecular weight is 166 g/mol. The van der Waals surface area contributed by atoms with Crippen LogP contribution in [-0.2, 0) is 0 Å². The molecule has 0 aromatic rings. The highest BCUT2D eigenvalue weighted by Gasteiger charge is 2.16. The maximum atomic E-state index is 8.83. The van der Waals surface area contributed by atoms with Crippen LogP contribution in [0, 0.1) is 0 Å². The molecule has 7 heavy (non-hydrogen) atoms. The molecular weight excluding hydrogens is 158 g/mol. The molecule has 1 fully saturated rings. The molecule has 0 aromatic carbocycles. The van der Waals surface area contributed by atoms with Crippen LogP contribution < -0.4 is 0 Å². The van der Waals surface area contributed by atoms with Crippen LogP contribution in [0.25, 0.3) is 0 Å². The molecule has 1 rings (SSSR count). The number of hydrogen-bond donors (Lipinski definition) is 1. The number of halogens is 1. The fourth-order valence-electron chi connectivity index (χ4n) is 0.700. The largest absolute Gasteiger partial charge is 0.392 e. The quantitative estimate of drug-likeness (QED) is 0.525. The predicted molar refractivity (Wildman–Crippen MR) is 31.1 cm³/mol. The van der Waals surface area contributed by atoms with Crippen LogP contribution in [0.2, 0.25) is 0 Å². The van der Waals surface area contributed by atoms with Gasteiger partial charge in [-0.25, -0.2) is 3.93 Å². The molecule has 0 radical (unpaired) electrons. The van der Waals surface area contributed by atoms with Crippen LogP contribution in [0.3, 0.4) is 0 Å². The lowest BCUT2D eigenvalue weighted by Gasteiger charge is -1.99. The van der Waals surface area contributed by atoms with Gasteiger partial charge in [-0.1, -0.05) is 0 Å². The van der Waals surface area contributed by atoms with Crippen LogP contribution in [0.1, 0.15) is 6.42 Å². The first kappa shape index (κ1) is 5.54. The summed E-state index contributed by atoms with van der Waals surface area (Å²) in [4.78, 5) is 0. The zero-order valence-electron chi connectivity index (χ0n) is 3.97. The Morgan fingerprint density at radius 2 is 2.43 bits per heavy atom. The van der Waals surface area contributed by atoms with E-state index in [1.807, 2.05) is 3.93 Å². The van der Waals surface area contributed by atoms with E-state index in [1.54, 1.807) is 0 Å². The van der Waals surface area contributed by atoms with E-state index >= 15 is 0 Å². The highest BCUT2D eigenvalue weighted by molar-refractivity contribution is 9.07. The molecule has 1 heterocycles. The van der Waals surface area contributed by atoms with Crippen LogP contribution in [-0.4, -0.2) is 28.2 Å². The summed E-state index contributed by atoms with van der Waals surface area (Å²) in [5, 5.41) is 8.83. The van der Waals surface area contributed by atoms with Crippen molar-refractivity contribution in [3.8, 4) is 0 Å². The second kappa shape index (κ2) is 2.11. The van der Waals surface area contributed by atoms with Crippen molar-refractivity contribution in [2.75, 3.05) is 13.1 Å². The lowest BCUT2D eigenvalue weighted by molar-refractivity contribution is 0.191. The van der Waals surface area contributed by atoms with E-state index in [9.17, 15) is 0 Å². The molecule has 0 aromatic heterocycles. The van der Waals surface area contributed by atoms with E-state index in [-0.39, 0.29) is 6.10 Å². The van der Waals surface area contributed by atoms with Gasteiger partial charge in [0.2, 0.25) is 0 Å². The Bertz CT molecular complexity index is 60.7. The Labute approximate surface area is 51.5 Å². The van der Waals surface area contributed by atoms with Crippen molar-refractivity contribution in [3.05, 3.63) is 0 Å². The molecule has 0 saturated carbocycles. The van der Waals surface area contributed by atoms with Gasteiger partial charge in [-0.05, 0) is 6.42 Å². The van der Waals surface area contributed by atoms with Crippen molar-refractivity contribution >= 4 is 16.1 Å². The molecular formula is C4H8BrNO. The summed E-state index contributed by atoms with van der Waals surface area (Å²) in [7, 11) is 0. The van der Waals surface area contributed by atoms with Crippen molar-refractivity contribution < 1.29 is 5.11 Å². The van der Waals surface area contributed by atoms with Crippen molar-refractivity contribution in [2.24, 2.45) is 0 Å². The summed E-state index contributed by atoms with van der Waals surface area (Å²) < 4.78 is 1.94. The standard InChI is InChI=1S/C4H8BrNO/c5-6-2-1-4(7)3-6/h4,7H,1-3H2. The Balaban J connectivity index is 2.26. The molecule has 0 spiro atoms. The number of aliphatic hydroxyl groups is 1. The van der Waals surface area contributed by atoms with Gasteiger partial charge in [-0.15, -0.1) is 0 Å². The Morgan fingerprint density at radius 1 is 1.71 bits per heavy atom. The fraction of sp³-hybridized carbons (Fsp3) is 1.00. The summed E-state index contributed by atoms with van der Waals surface area (Å²) in [6.45, 7) is 1.75. The monoisotopic (exact) mass is 165 g/mol. The molecule has 1 aliphatic heterocycles. The van der Waals surface area contributed by atoms with Crippen LogP contribution in [0.5, 0.6) is 0 Å². The van der Waals surface area contributed by atoms with E-state index in [4.69, 9.17) is 5.11 Å². The number of rotatable bonds is 0. The summed E-state index contributed by atoms with van der Waals surface area (Å²) in [5.74, 6) is 0. The number of β-amino-alcohol motifs (C(OH)–C–C–N with tert-alkyl or cyclic N) is 1. The van der Waals surface area contributed by atoms with Crippen LogP contribution in [0.15, 0.2) is 0 Å². The van der Waals surface area contributed by atoms with E-state index in [2.05, 4.69) is 16.1 Å². The van der Waals surface area contributed by atoms with Gasteiger partial charge in [0.25, 0.3) is 0 Å². The molecule has 1 N–H and O–H groups in total. The lowest BCUT2D eigenvalue weighted by atomic mass is 10.3. The lowest BCUT2D eigenvalue weighted by Crippen LogP contribution is -2.09.